The lowest BCUT2D eigenvalue weighted by molar-refractivity contribution is 0.748. The summed E-state index contributed by atoms with van der Waals surface area (Å²) in [6, 6.07) is 19.2. The van der Waals surface area contributed by atoms with Crippen molar-refractivity contribution in [1.29, 1.82) is 0 Å². The van der Waals surface area contributed by atoms with Crippen molar-refractivity contribution in [2.24, 2.45) is 5.73 Å². The summed E-state index contributed by atoms with van der Waals surface area (Å²) in [4.78, 5) is 3.62. The monoisotopic (exact) mass is 362 g/mol. The maximum Gasteiger partial charge on any atom is 0.0651 e. The van der Waals surface area contributed by atoms with Gasteiger partial charge in [-0.3, -0.25) is 0 Å². The molecule has 4 aromatic rings. The number of aromatic nitrogens is 1. The van der Waals surface area contributed by atoms with Gasteiger partial charge >= 0.3 is 0 Å². The van der Waals surface area contributed by atoms with Gasteiger partial charge in [-0.15, -0.1) is 0 Å². The second kappa shape index (κ2) is 7.14. The van der Waals surface area contributed by atoms with Crippen LogP contribution >= 0.6 is 11.6 Å². The Bertz CT molecular complexity index is 1080. The number of halogens is 1. The Hall–Kier alpha value is -2.29. The molecule has 0 aliphatic heterocycles. The molecule has 3 N–H and O–H groups in total. The number of unbranched alkanes of at least 4 members (excludes halogenated alkanes) is 1. The van der Waals surface area contributed by atoms with Crippen molar-refractivity contribution in [2.75, 3.05) is 6.54 Å². The Morgan fingerprint density at radius 3 is 2.46 bits per heavy atom. The number of hydrogen-bond donors (Lipinski definition) is 2. The first kappa shape index (κ1) is 17.1. The first-order valence-corrected chi connectivity index (χ1v) is 9.56. The van der Waals surface area contributed by atoms with Gasteiger partial charge in [0, 0.05) is 10.9 Å². The van der Waals surface area contributed by atoms with Crippen LogP contribution in [0.2, 0.25) is 5.02 Å². The molecule has 3 aromatic carbocycles. The van der Waals surface area contributed by atoms with E-state index in [4.69, 9.17) is 17.3 Å². The molecule has 4 rings (SSSR count). The highest BCUT2D eigenvalue weighted by Gasteiger charge is 2.16. The van der Waals surface area contributed by atoms with E-state index in [1.54, 1.807) is 0 Å². The van der Waals surface area contributed by atoms with Crippen molar-refractivity contribution < 1.29 is 0 Å². The first-order chi connectivity index (χ1) is 12.7. The number of aromatic amines is 1. The highest BCUT2D eigenvalue weighted by molar-refractivity contribution is 6.35. The highest BCUT2D eigenvalue weighted by atomic mass is 35.5. The van der Waals surface area contributed by atoms with Crippen LogP contribution in [0.5, 0.6) is 0 Å². The number of para-hydroxylation sites is 1. The molecule has 0 amide bonds. The lowest BCUT2D eigenvalue weighted by Crippen LogP contribution is -1.99. The zero-order chi connectivity index (χ0) is 18.1. The van der Waals surface area contributed by atoms with Crippen molar-refractivity contribution in [1.82, 2.24) is 4.98 Å². The minimum atomic E-state index is 0.728. The molecule has 0 aliphatic rings. The second-order valence-electron chi connectivity index (χ2n) is 6.86. The van der Waals surface area contributed by atoms with Crippen LogP contribution in [-0.2, 0) is 6.42 Å². The molecule has 0 fully saturated rings. The Morgan fingerprint density at radius 1 is 0.885 bits per heavy atom. The van der Waals surface area contributed by atoms with E-state index >= 15 is 0 Å². The molecule has 3 heteroatoms. The first-order valence-electron chi connectivity index (χ1n) is 9.18. The highest BCUT2D eigenvalue weighted by Crippen LogP contribution is 2.38. The van der Waals surface area contributed by atoms with E-state index < -0.39 is 0 Å². The van der Waals surface area contributed by atoms with Crippen molar-refractivity contribution in [3.8, 4) is 11.3 Å². The maximum absolute atomic E-state index is 6.48. The van der Waals surface area contributed by atoms with Gasteiger partial charge in [0.25, 0.3) is 0 Å². The van der Waals surface area contributed by atoms with Crippen molar-refractivity contribution in [2.45, 2.75) is 26.2 Å². The normalized spacial score (nSPS) is 11.5. The van der Waals surface area contributed by atoms with Gasteiger partial charge in [0.2, 0.25) is 0 Å². The average Bonchev–Trinajstić information content (AvgIpc) is 3.03. The van der Waals surface area contributed by atoms with E-state index in [0.717, 1.165) is 36.3 Å². The lowest BCUT2D eigenvalue weighted by Gasteiger charge is -2.10. The van der Waals surface area contributed by atoms with Crippen LogP contribution in [0.3, 0.4) is 0 Å². The molecular formula is C23H23ClN2. The van der Waals surface area contributed by atoms with Gasteiger partial charge in [0.15, 0.2) is 0 Å². The quantitative estimate of drug-likeness (QED) is 0.406. The molecule has 0 unspecified atom stereocenters. The van der Waals surface area contributed by atoms with E-state index in [9.17, 15) is 0 Å². The summed E-state index contributed by atoms with van der Waals surface area (Å²) in [7, 11) is 0. The molecule has 0 atom stereocenters. The van der Waals surface area contributed by atoms with E-state index in [1.165, 1.54) is 38.5 Å². The van der Waals surface area contributed by atoms with Gasteiger partial charge in [0.05, 0.1) is 16.2 Å². The topological polar surface area (TPSA) is 41.8 Å². The van der Waals surface area contributed by atoms with Crippen molar-refractivity contribution in [3.05, 3.63) is 70.7 Å². The summed E-state index contributed by atoms with van der Waals surface area (Å²) in [5, 5.41) is 4.55. The number of nitrogens with two attached hydrogens (primary N) is 1. The van der Waals surface area contributed by atoms with E-state index in [0.29, 0.717) is 0 Å². The van der Waals surface area contributed by atoms with Crippen molar-refractivity contribution >= 4 is 33.3 Å². The SMILES string of the molecule is Cc1ccc(-c2[nH]c3c(Cl)cccc3c2CCCCN)c2ccccc12. The average molecular weight is 363 g/mol. The molecule has 1 aromatic heterocycles. The zero-order valence-corrected chi connectivity index (χ0v) is 15.7. The van der Waals surface area contributed by atoms with Crippen LogP contribution in [0, 0.1) is 6.92 Å². The Morgan fingerprint density at radius 2 is 1.65 bits per heavy atom. The summed E-state index contributed by atoms with van der Waals surface area (Å²) in [6.07, 6.45) is 3.10. The summed E-state index contributed by atoms with van der Waals surface area (Å²) in [5.74, 6) is 0. The summed E-state index contributed by atoms with van der Waals surface area (Å²) >= 11 is 6.48. The minimum Gasteiger partial charge on any atom is -0.353 e. The molecule has 0 saturated carbocycles. The third kappa shape index (κ3) is 2.90. The van der Waals surface area contributed by atoms with Gasteiger partial charge in [-0.05, 0) is 60.7 Å². The van der Waals surface area contributed by atoms with Crippen LogP contribution in [0.4, 0.5) is 0 Å². The van der Waals surface area contributed by atoms with Crippen LogP contribution in [0.25, 0.3) is 32.9 Å². The number of fused-ring (bicyclic) bond motifs is 2. The van der Waals surface area contributed by atoms with E-state index in [-0.39, 0.29) is 0 Å². The third-order valence-corrected chi connectivity index (χ3v) is 5.50. The van der Waals surface area contributed by atoms with Gasteiger partial charge in [-0.25, -0.2) is 0 Å². The molecule has 0 spiro atoms. The van der Waals surface area contributed by atoms with Crippen LogP contribution < -0.4 is 5.73 Å². The number of aryl methyl sites for hydroxylation is 2. The number of nitrogens with one attached hydrogen (secondary N) is 1. The number of rotatable bonds is 5. The molecule has 0 saturated heterocycles. The van der Waals surface area contributed by atoms with Gasteiger partial charge in [0.1, 0.15) is 0 Å². The molecule has 0 bridgehead atoms. The molecule has 132 valence electrons. The fraction of sp³-hybridized carbons (Fsp3) is 0.217. The molecule has 0 radical (unpaired) electrons. The molecule has 1 heterocycles. The smallest absolute Gasteiger partial charge is 0.0651 e. The van der Waals surface area contributed by atoms with E-state index in [1.807, 2.05) is 12.1 Å². The number of benzene rings is 3. The lowest BCUT2D eigenvalue weighted by atomic mass is 9.94. The zero-order valence-electron chi connectivity index (χ0n) is 15.0. The second-order valence-corrected chi connectivity index (χ2v) is 7.27. The standard InChI is InChI=1S/C23H23ClN2/c1-15-12-13-20(17-8-3-2-7-16(15)17)22-18(9-4-5-14-25)19-10-6-11-21(24)23(19)26-22/h2-3,6-8,10-13,26H,4-5,9,14,25H2,1H3. The van der Waals surface area contributed by atoms with Crippen LogP contribution in [0.1, 0.15) is 24.0 Å². The van der Waals surface area contributed by atoms with Crippen LogP contribution in [0.15, 0.2) is 54.6 Å². The van der Waals surface area contributed by atoms with Gasteiger partial charge < -0.3 is 10.7 Å². The molecule has 26 heavy (non-hydrogen) atoms. The number of H-pyrrole nitrogens is 1. The van der Waals surface area contributed by atoms with Crippen molar-refractivity contribution in [3.63, 3.8) is 0 Å². The molecule has 0 aliphatic carbocycles. The van der Waals surface area contributed by atoms with Gasteiger partial charge in [-0.2, -0.15) is 0 Å². The maximum atomic E-state index is 6.48. The Kier molecular flexibility index (Phi) is 4.71. The number of hydrogen-bond acceptors (Lipinski definition) is 1. The summed E-state index contributed by atoms with van der Waals surface area (Å²) in [6.45, 7) is 2.89. The third-order valence-electron chi connectivity index (χ3n) is 5.18. The molecule has 2 nitrogen and oxygen atoms in total. The largest absolute Gasteiger partial charge is 0.353 e. The summed E-state index contributed by atoms with van der Waals surface area (Å²) < 4.78 is 0. The molecular weight excluding hydrogens is 340 g/mol. The summed E-state index contributed by atoms with van der Waals surface area (Å²) in [5.41, 5.74) is 11.8. The fourth-order valence-electron chi connectivity index (χ4n) is 3.84. The Labute approximate surface area is 159 Å². The van der Waals surface area contributed by atoms with E-state index in [2.05, 4.69) is 54.4 Å². The fourth-order valence-corrected chi connectivity index (χ4v) is 4.06. The Balaban J connectivity index is 1.98. The predicted octanol–water partition coefficient (Wildman–Crippen LogP) is 6.23. The van der Waals surface area contributed by atoms with Gasteiger partial charge in [-0.1, -0.05) is 60.1 Å². The van der Waals surface area contributed by atoms with Crippen LogP contribution in [-0.4, -0.2) is 11.5 Å². The minimum absolute atomic E-state index is 0.728. The predicted molar refractivity (Wildman–Crippen MR) is 113 cm³/mol.